The van der Waals surface area contributed by atoms with Crippen molar-refractivity contribution in [3.05, 3.63) is 36.2 Å². The second-order valence-corrected chi connectivity index (χ2v) is 4.29. The number of rotatable bonds is 8. The summed E-state index contributed by atoms with van der Waals surface area (Å²) in [5.74, 6) is 0.983. The van der Waals surface area contributed by atoms with E-state index >= 15 is 0 Å². The third-order valence-electron chi connectivity index (χ3n) is 3.02. The molecule has 2 aromatic rings. The molecular weight excluding hydrogens is 242 g/mol. The predicted octanol–water partition coefficient (Wildman–Crippen LogP) is 0.884. The Morgan fingerprint density at radius 1 is 1.42 bits per heavy atom. The van der Waals surface area contributed by atoms with E-state index in [4.69, 9.17) is 4.74 Å². The molecule has 0 unspecified atom stereocenters. The molecule has 6 heteroatoms. The Bertz CT molecular complexity index is 491. The van der Waals surface area contributed by atoms with E-state index in [-0.39, 0.29) is 0 Å². The largest absolute Gasteiger partial charge is 0.383 e. The molecule has 104 valence electrons. The lowest BCUT2D eigenvalue weighted by Crippen LogP contribution is -2.21. The fourth-order valence-corrected chi connectivity index (χ4v) is 1.98. The second-order valence-electron chi connectivity index (χ2n) is 4.29. The molecule has 0 saturated carbocycles. The highest BCUT2D eigenvalue weighted by Gasteiger charge is 2.06. The summed E-state index contributed by atoms with van der Waals surface area (Å²) in [6, 6.07) is 4.17. The van der Waals surface area contributed by atoms with Gasteiger partial charge in [-0.05, 0) is 19.1 Å². The van der Waals surface area contributed by atoms with Gasteiger partial charge in [0.2, 0.25) is 0 Å². The maximum absolute atomic E-state index is 5.02. The molecule has 0 aromatic carbocycles. The van der Waals surface area contributed by atoms with E-state index in [1.54, 1.807) is 13.4 Å². The smallest absolute Gasteiger partial charge is 0.146 e. The van der Waals surface area contributed by atoms with E-state index in [0.717, 1.165) is 38.6 Å². The minimum atomic E-state index is 0.727. The molecule has 2 aromatic heterocycles. The zero-order valence-electron chi connectivity index (χ0n) is 11.5. The van der Waals surface area contributed by atoms with Crippen LogP contribution in [-0.2, 0) is 24.4 Å². The highest BCUT2D eigenvalue weighted by molar-refractivity contribution is 5.08. The molecule has 0 bridgehead atoms. The summed E-state index contributed by atoms with van der Waals surface area (Å²) in [6.45, 7) is 6.08. The molecule has 0 spiro atoms. The van der Waals surface area contributed by atoms with Gasteiger partial charge in [0.25, 0.3) is 0 Å². The second kappa shape index (κ2) is 7.06. The van der Waals surface area contributed by atoms with Gasteiger partial charge in [0.05, 0.1) is 13.2 Å². The molecule has 2 rings (SSSR count). The molecular formula is C13H21N5O. The van der Waals surface area contributed by atoms with Crippen LogP contribution >= 0.6 is 0 Å². The Hall–Kier alpha value is -1.66. The van der Waals surface area contributed by atoms with Gasteiger partial charge in [-0.25, -0.2) is 9.67 Å². The summed E-state index contributed by atoms with van der Waals surface area (Å²) in [5, 5.41) is 7.54. The van der Waals surface area contributed by atoms with Crippen molar-refractivity contribution in [2.75, 3.05) is 20.3 Å². The summed E-state index contributed by atoms with van der Waals surface area (Å²) < 4.78 is 9.13. The molecule has 0 aliphatic carbocycles. The van der Waals surface area contributed by atoms with Crippen LogP contribution in [-0.4, -0.2) is 39.6 Å². The number of aryl methyl sites for hydroxylation is 1. The summed E-state index contributed by atoms with van der Waals surface area (Å²) in [6.07, 6.45) is 3.68. The fourth-order valence-electron chi connectivity index (χ4n) is 1.98. The molecule has 0 aliphatic heterocycles. The van der Waals surface area contributed by atoms with E-state index in [2.05, 4.69) is 45.2 Å². The lowest BCUT2D eigenvalue weighted by Gasteiger charge is -2.10. The standard InChI is InChI=1S/C13H21N5O/c1-3-18-13(15-11-16-18)10-17-7-4-5-12(17)9-14-6-8-19-2/h4-5,7,11,14H,3,6,8-10H2,1-2H3. The van der Waals surface area contributed by atoms with Crippen LogP contribution in [0.1, 0.15) is 18.4 Å². The summed E-state index contributed by atoms with van der Waals surface area (Å²) in [7, 11) is 1.71. The molecule has 0 fully saturated rings. The minimum absolute atomic E-state index is 0.727. The average molecular weight is 263 g/mol. The van der Waals surface area contributed by atoms with Crippen molar-refractivity contribution in [3.8, 4) is 0 Å². The number of aromatic nitrogens is 4. The summed E-state index contributed by atoms with van der Waals surface area (Å²) in [5.41, 5.74) is 1.24. The van der Waals surface area contributed by atoms with Crippen molar-refractivity contribution in [1.82, 2.24) is 24.6 Å². The van der Waals surface area contributed by atoms with Crippen LogP contribution in [0.15, 0.2) is 24.7 Å². The summed E-state index contributed by atoms with van der Waals surface area (Å²) in [4.78, 5) is 4.30. The van der Waals surface area contributed by atoms with Gasteiger partial charge in [0.1, 0.15) is 12.2 Å². The number of nitrogens with zero attached hydrogens (tertiary/aromatic N) is 4. The molecule has 0 amide bonds. The van der Waals surface area contributed by atoms with Crippen molar-refractivity contribution in [3.63, 3.8) is 0 Å². The van der Waals surface area contributed by atoms with Crippen LogP contribution in [0.2, 0.25) is 0 Å². The zero-order chi connectivity index (χ0) is 13.5. The van der Waals surface area contributed by atoms with Gasteiger partial charge in [0, 0.05) is 38.6 Å². The molecule has 0 aliphatic rings. The van der Waals surface area contributed by atoms with Gasteiger partial charge in [-0.2, -0.15) is 5.10 Å². The third kappa shape index (κ3) is 3.65. The molecule has 0 atom stereocenters. The van der Waals surface area contributed by atoms with E-state index in [1.165, 1.54) is 5.69 Å². The monoisotopic (exact) mass is 263 g/mol. The number of hydrogen-bond donors (Lipinski definition) is 1. The molecule has 0 saturated heterocycles. The highest BCUT2D eigenvalue weighted by Crippen LogP contribution is 2.06. The van der Waals surface area contributed by atoms with E-state index in [0.29, 0.717) is 0 Å². The van der Waals surface area contributed by atoms with Crippen LogP contribution in [0.5, 0.6) is 0 Å². The first-order valence-electron chi connectivity index (χ1n) is 6.55. The summed E-state index contributed by atoms with van der Waals surface area (Å²) >= 11 is 0. The Kier molecular flexibility index (Phi) is 5.11. The van der Waals surface area contributed by atoms with Gasteiger partial charge in [-0.1, -0.05) is 0 Å². The van der Waals surface area contributed by atoms with Gasteiger partial charge < -0.3 is 14.6 Å². The maximum atomic E-state index is 5.02. The van der Waals surface area contributed by atoms with E-state index in [9.17, 15) is 0 Å². The first-order chi connectivity index (χ1) is 9.35. The van der Waals surface area contributed by atoms with Crippen LogP contribution < -0.4 is 5.32 Å². The third-order valence-corrected chi connectivity index (χ3v) is 3.02. The maximum Gasteiger partial charge on any atom is 0.146 e. The zero-order valence-corrected chi connectivity index (χ0v) is 11.5. The first kappa shape index (κ1) is 13.8. The Labute approximate surface area is 113 Å². The number of ether oxygens (including phenoxy) is 1. The van der Waals surface area contributed by atoms with Crippen LogP contribution in [0, 0.1) is 0 Å². The highest BCUT2D eigenvalue weighted by atomic mass is 16.5. The lowest BCUT2D eigenvalue weighted by molar-refractivity contribution is 0.199. The van der Waals surface area contributed by atoms with E-state index in [1.807, 2.05) is 4.68 Å². The Morgan fingerprint density at radius 3 is 3.11 bits per heavy atom. The van der Waals surface area contributed by atoms with Crippen LogP contribution in [0.4, 0.5) is 0 Å². The predicted molar refractivity (Wildman–Crippen MR) is 72.8 cm³/mol. The fraction of sp³-hybridized carbons (Fsp3) is 0.538. The number of hydrogen-bond acceptors (Lipinski definition) is 4. The molecule has 19 heavy (non-hydrogen) atoms. The van der Waals surface area contributed by atoms with Gasteiger partial charge in [-0.3, -0.25) is 0 Å². The molecule has 6 nitrogen and oxygen atoms in total. The van der Waals surface area contributed by atoms with Crippen molar-refractivity contribution < 1.29 is 4.74 Å². The van der Waals surface area contributed by atoms with Crippen molar-refractivity contribution >= 4 is 0 Å². The van der Waals surface area contributed by atoms with E-state index < -0.39 is 0 Å². The Balaban J connectivity index is 1.95. The quantitative estimate of drug-likeness (QED) is 0.718. The van der Waals surface area contributed by atoms with Crippen molar-refractivity contribution in [2.24, 2.45) is 0 Å². The molecule has 1 N–H and O–H groups in total. The van der Waals surface area contributed by atoms with Crippen LogP contribution in [0.25, 0.3) is 0 Å². The van der Waals surface area contributed by atoms with Gasteiger partial charge >= 0.3 is 0 Å². The normalized spacial score (nSPS) is 11.1. The number of nitrogens with one attached hydrogen (secondary N) is 1. The van der Waals surface area contributed by atoms with Crippen molar-refractivity contribution in [2.45, 2.75) is 26.6 Å². The molecule has 2 heterocycles. The topological polar surface area (TPSA) is 56.9 Å². The minimum Gasteiger partial charge on any atom is -0.383 e. The molecule has 0 radical (unpaired) electrons. The Morgan fingerprint density at radius 2 is 2.32 bits per heavy atom. The lowest BCUT2D eigenvalue weighted by atomic mass is 10.4. The average Bonchev–Trinajstić information content (AvgIpc) is 3.04. The first-order valence-corrected chi connectivity index (χ1v) is 6.55. The SMILES string of the molecule is CCn1ncnc1Cn1cccc1CNCCOC. The van der Waals surface area contributed by atoms with Gasteiger partial charge in [-0.15, -0.1) is 0 Å². The van der Waals surface area contributed by atoms with Crippen LogP contribution in [0.3, 0.4) is 0 Å². The van der Waals surface area contributed by atoms with Gasteiger partial charge in [0.15, 0.2) is 0 Å². The van der Waals surface area contributed by atoms with Crippen molar-refractivity contribution in [1.29, 1.82) is 0 Å². The number of methoxy groups -OCH3 is 1.